The fourth-order valence-electron chi connectivity index (χ4n) is 2.40. The van der Waals surface area contributed by atoms with Crippen LogP contribution in [0.3, 0.4) is 0 Å². The Labute approximate surface area is 134 Å². The van der Waals surface area contributed by atoms with Gasteiger partial charge in [-0.15, -0.1) is 16.4 Å². The number of carbonyl (C=O) groups excluding carboxylic acids is 1. The molecular formula is C15H13N5O2S. The summed E-state index contributed by atoms with van der Waals surface area (Å²) < 4.78 is 6.95. The number of amides is 1. The number of thiazole rings is 1. The van der Waals surface area contributed by atoms with Crippen molar-refractivity contribution in [2.24, 2.45) is 0 Å². The molecule has 0 atom stereocenters. The van der Waals surface area contributed by atoms with Gasteiger partial charge < -0.3 is 4.52 Å². The molecule has 1 aromatic carbocycles. The van der Waals surface area contributed by atoms with Crippen molar-refractivity contribution in [1.29, 1.82) is 0 Å². The smallest absolute Gasteiger partial charge is 0.250 e. The number of nitrogens with zero attached hydrogens (tertiary/aromatic N) is 4. The number of hydrogen-bond donors (Lipinski definition) is 1. The SMILES string of the molecule is Cc1ccc2onc(CC(=O)Nc3nc4scc(C)n4n3)c2c1. The Morgan fingerprint density at radius 3 is 3.09 bits per heavy atom. The average Bonchev–Trinajstić information content (AvgIpc) is 3.17. The van der Waals surface area contributed by atoms with E-state index < -0.39 is 0 Å². The Morgan fingerprint density at radius 2 is 2.26 bits per heavy atom. The second-order valence-electron chi connectivity index (χ2n) is 5.36. The maximum atomic E-state index is 12.2. The first-order chi connectivity index (χ1) is 11.1. The molecule has 116 valence electrons. The molecule has 0 fully saturated rings. The van der Waals surface area contributed by atoms with E-state index in [-0.39, 0.29) is 12.3 Å². The van der Waals surface area contributed by atoms with Gasteiger partial charge in [0.05, 0.1) is 12.1 Å². The van der Waals surface area contributed by atoms with Gasteiger partial charge in [0.15, 0.2) is 5.58 Å². The third-order valence-corrected chi connectivity index (χ3v) is 4.46. The first-order valence-electron chi connectivity index (χ1n) is 7.06. The predicted octanol–water partition coefficient (Wildman–Crippen LogP) is 2.73. The van der Waals surface area contributed by atoms with E-state index in [1.807, 2.05) is 37.4 Å². The number of benzene rings is 1. The number of nitrogens with one attached hydrogen (secondary N) is 1. The minimum atomic E-state index is -0.224. The summed E-state index contributed by atoms with van der Waals surface area (Å²) in [6.45, 7) is 3.92. The number of carbonyl (C=O) groups is 1. The molecule has 0 saturated heterocycles. The second kappa shape index (κ2) is 5.17. The molecule has 0 bridgehead atoms. The van der Waals surface area contributed by atoms with Gasteiger partial charge >= 0.3 is 0 Å². The van der Waals surface area contributed by atoms with Crippen LogP contribution < -0.4 is 5.32 Å². The van der Waals surface area contributed by atoms with E-state index in [0.29, 0.717) is 17.2 Å². The van der Waals surface area contributed by atoms with Crippen LogP contribution in [-0.2, 0) is 11.2 Å². The molecule has 4 rings (SSSR count). The highest BCUT2D eigenvalue weighted by molar-refractivity contribution is 7.15. The number of aromatic nitrogens is 4. The second-order valence-corrected chi connectivity index (χ2v) is 6.20. The lowest BCUT2D eigenvalue weighted by atomic mass is 10.1. The summed E-state index contributed by atoms with van der Waals surface area (Å²) in [5.74, 6) is 0.0755. The lowest BCUT2D eigenvalue weighted by Gasteiger charge is -1.99. The van der Waals surface area contributed by atoms with Gasteiger partial charge in [-0.1, -0.05) is 16.8 Å². The standard InChI is InChI=1S/C15H13N5O2S/c1-8-3-4-12-10(5-8)11(19-22-12)6-13(21)16-14-17-15-20(18-14)9(2)7-23-15/h3-5,7H,6H2,1-2H3,(H,16,18,21). The Morgan fingerprint density at radius 1 is 1.39 bits per heavy atom. The predicted molar refractivity (Wildman–Crippen MR) is 86.7 cm³/mol. The molecule has 3 heterocycles. The highest BCUT2D eigenvalue weighted by Gasteiger charge is 2.15. The van der Waals surface area contributed by atoms with Crippen molar-refractivity contribution in [2.75, 3.05) is 5.32 Å². The van der Waals surface area contributed by atoms with E-state index in [9.17, 15) is 4.79 Å². The van der Waals surface area contributed by atoms with Crippen molar-refractivity contribution in [2.45, 2.75) is 20.3 Å². The van der Waals surface area contributed by atoms with Crippen LogP contribution in [-0.4, -0.2) is 25.7 Å². The summed E-state index contributed by atoms with van der Waals surface area (Å²) in [6.07, 6.45) is 0.113. The number of rotatable bonds is 3. The van der Waals surface area contributed by atoms with Crippen LogP contribution in [0.15, 0.2) is 28.1 Å². The maximum Gasteiger partial charge on any atom is 0.250 e. The minimum absolute atomic E-state index is 0.113. The summed E-state index contributed by atoms with van der Waals surface area (Å²) in [7, 11) is 0. The molecule has 0 unspecified atom stereocenters. The number of anilines is 1. The van der Waals surface area contributed by atoms with Crippen LogP contribution in [0.4, 0.5) is 5.95 Å². The van der Waals surface area contributed by atoms with E-state index in [1.54, 1.807) is 4.52 Å². The van der Waals surface area contributed by atoms with Crippen molar-refractivity contribution in [1.82, 2.24) is 19.8 Å². The fraction of sp³-hybridized carbons (Fsp3) is 0.200. The first-order valence-corrected chi connectivity index (χ1v) is 7.94. The van der Waals surface area contributed by atoms with Crippen molar-refractivity contribution in [3.8, 4) is 0 Å². The lowest BCUT2D eigenvalue weighted by molar-refractivity contribution is -0.115. The van der Waals surface area contributed by atoms with Gasteiger partial charge in [-0.3, -0.25) is 10.1 Å². The Balaban J connectivity index is 1.55. The van der Waals surface area contributed by atoms with Gasteiger partial charge in [-0.25, -0.2) is 4.52 Å². The number of aryl methyl sites for hydroxylation is 2. The zero-order valence-corrected chi connectivity index (χ0v) is 13.3. The van der Waals surface area contributed by atoms with Gasteiger partial charge in [-0.05, 0) is 26.0 Å². The molecule has 0 aliphatic carbocycles. The van der Waals surface area contributed by atoms with Crippen LogP contribution in [0.5, 0.6) is 0 Å². The van der Waals surface area contributed by atoms with Crippen molar-refractivity contribution in [3.05, 3.63) is 40.5 Å². The highest BCUT2D eigenvalue weighted by atomic mass is 32.1. The normalized spacial score (nSPS) is 11.4. The van der Waals surface area contributed by atoms with E-state index >= 15 is 0 Å². The zero-order chi connectivity index (χ0) is 16.0. The fourth-order valence-corrected chi connectivity index (χ4v) is 3.20. The molecule has 8 heteroatoms. The molecule has 0 aliphatic heterocycles. The van der Waals surface area contributed by atoms with Crippen LogP contribution in [0.1, 0.15) is 17.0 Å². The van der Waals surface area contributed by atoms with Gasteiger partial charge in [0.25, 0.3) is 0 Å². The zero-order valence-electron chi connectivity index (χ0n) is 12.5. The molecule has 3 aromatic heterocycles. The van der Waals surface area contributed by atoms with Gasteiger partial charge in [0, 0.05) is 10.8 Å². The summed E-state index contributed by atoms with van der Waals surface area (Å²) in [4.78, 5) is 17.2. The molecule has 0 aliphatic rings. The van der Waals surface area contributed by atoms with Crippen LogP contribution >= 0.6 is 11.3 Å². The number of hydrogen-bond acceptors (Lipinski definition) is 6. The highest BCUT2D eigenvalue weighted by Crippen LogP contribution is 2.21. The molecule has 0 spiro atoms. The summed E-state index contributed by atoms with van der Waals surface area (Å²) in [6, 6.07) is 5.76. The topological polar surface area (TPSA) is 85.3 Å². The molecule has 23 heavy (non-hydrogen) atoms. The Hall–Kier alpha value is -2.74. The molecular weight excluding hydrogens is 314 g/mol. The first kappa shape index (κ1) is 13.9. The average molecular weight is 327 g/mol. The van der Waals surface area contributed by atoms with Gasteiger partial charge in [-0.2, -0.15) is 4.98 Å². The molecule has 1 N–H and O–H groups in total. The van der Waals surface area contributed by atoms with Gasteiger partial charge in [0.1, 0.15) is 5.69 Å². The summed E-state index contributed by atoms with van der Waals surface area (Å²) in [5.41, 5.74) is 3.36. The van der Waals surface area contributed by atoms with Gasteiger partial charge in [0.2, 0.25) is 16.8 Å². The quantitative estimate of drug-likeness (QED) is 0.625. The van der Waals surface area contributed by atoms with Crippen LogP contribution in [0.25, 0.3) is 15.9 Å². The molecule has 0 saturated carbocycles. The van der Waals surface area contributed by atoms with E-state index in [0.717, 1.165) is 21.6 Å². The van der Waals surface area contributed by atoms with Crippen molar-refractivity contribution < 1.29 is 9.32 Å². The Bertz CT molecular complexity index is 1030. The van der Waals surface area contributed by atoms with Crippen molar-refractivity contribution in [3.63, 3.8) is 0 Å². The van der Waals surface area contributed by atoms with E-state index in [4.69, 9.17) is 4.52 Å². The van der Waals surface area contributed by atoms with Crippen LogP contribution in [0, 0.1) is 13.8 Å². The summed E-state index contributed by atoms with van der Waals surface area (Å²) >= 11 is 1.48. The molecule has 1 amide bonds. The largest absolute Gasteiger partial charge is 0.356 e. The lowest BCUT2D eigenvalue weighted by Crippen LogP contribution is -2.15. The minimum Gasteiger partial charge on any atom is -0.356 e. The summed E-state index contributed by atoms with van der Waals surface area (Å²) in [5, 5.41) is 13.8. The van der Waals surface area contributed by atoms with Crippen LogP contribution in [0.2, 0.25) is 0 Å². The maximum absolute atomic E-state index is 12.2. The van der Waals surface area contributed by atoms with E-state index in [2.05, 4.69) is 20.6 Å². The number of fused-ring (bicyclic) bond motifs is 2. The molecule has 0 radical (unpaired) electrons. The third kappa shape index (κ3) is 2.46. The third-order valence-electron chi connectivity index (χ3n) is 3.53. The van der Waals surface area contributed by atoms with E-state index in [1.165, 1.54) is 11.3 Å². The monoisotopic (exact) mass is 327 g/mol. The van der Waals surface area contributed by atoms with Crippen molar-refractivity contribution >= 4 is 39.1 Å². The Kier molecular flexibility index (Phi) is 3.12. The molecule has 7 nitrogen and oxygen atoms in total. The molecule has 4 aromatic rings.